The van der Waals surface area contributed by atoms with Crippen molar-refractivity contribution in [2.45, 2.75) is 0 Å². The summed E-state index contributed by atoms with van der Waals surface area (Å²) in [6, 6.07) is 7.90. The lowest BCUT2D eigenvalue weighted by Crippen LogP contribution is -3.00. The lowest BCUT2D eigenvalue weighted by atomic mass is 10.2. The first kappa shape index (κ1) is 15.9. The second kappa shape index (κ2) is 7.30. The number of rotatable bonds is 5. The largest absolute Gasteiger partial charge is 1.00 e. The number of benzene rings is 1. The number of nitrogens with zero attached hydrogens (tertiary/aromatic N) is 2. The Kier molecular flexibility index (Phi) is 6.85. The average Bonchev–Trinajstić information content (AvgIpc) is 2.23. The van der Waals surface area contributed by atoms with Crippen LogP contribution < -0.4 is 17.1 Å². The van der Waals surface area contributed by atoms with E-state index in [1.807, 2.05) is 30.5 Å². The van der Waals surface area contributed by atoms with E-state index < -0.39 is 0 Å². The first-order valence-corrected chi connectivity index (χ1v) is 5.46. The summed E-state index contributed by atoms with van der Waals surface area (Å²) in [5.74, 6) is 0.872. The molecule has 0 saturated carbocycles. The first-order chi connectivity index (χ1) is 7.53. The monoisotopic (exact) mass is 256 g/mol. The van der Waals surface area contributed by atoms with Crippen LogP contribution in [-0.4, -0.2) is 52.0 Å². The van der Waals surface area contributed by atoms with Crippen LogP contribution in [0.5, 0.6) is 5.75 Å². The van der Waals surface area contributed by atoms with Gasteiger partial charge in [0.25, 0.3) is 0 Å². The van der Waals surface area contributed by atoms with E-state index >= 15 is 0 Å². The number of halogens is 1. The van der Waals surface area contributed by atoms with E-state index in [0.717, 1.165) is 28.9 Å². The Bertz CT molecular complexity index is 359. The third-order valence-corrected chi connectivity index (χ3v) is 2.27. The van der Waals surface area contributed by atoms with Gasteiger partial charge in [-0.3, -0.25) is 4.99 Å². The molecule has 1 aromatic rings. The van der Waals surface area contributed by atoms with Crippen LogP contribution >= 0.6 is 0 Å². The molecular weight excluding hydrogens is 236 g/mol. The Morgan fingerprint density at radius 2 is 1.88 bits per heavy atom. The molecule has 0 amide bonds. The van der Waals surface area contributed by atoms with Gasteiger partial charge in [0.1, 0.15) is 5.75 Å². The zero-order valence-corrected chi connectivity index (χ0v) is 11.7. The molecule has 96 valence electrons. The minimum Gasteiger partial charge on any atom is -1.00 e. The minimum absolute atomic E-state index is 0. The minimum atomic E-state index is 0. The van der Waals surface area contributed by atoms with Crippen LogP contribution in [0.4, 0.5) is 0 Å². The van der Waals surface area contributed by atoms with E-state index in [2.05, 4.69) is 26.1 Å². The smallest absolute Gasteiger partial charge is 0.127 e. The quantitative estimate of drug-likeness (QED) is 0.480. The van der Waals surface area contributed by atoms with Crippen molar-refractivity contribution in [1.82, 2.24) is 0 Å². The maximum absolute atomic E-state index is 5.25. The van der Waals surface area contributed by atoms with Gasteiger partial charge >= 0.3 is 0 Å². The van der Waals surface area contributed by atoms with Gasteiger partial charge in [0.2, 0.25) is 0 Å². The normalized spacial score (nSPS) is 11.3. The second-order valence-electron chi connectivity index (χ2n) is 4.79. The van der Waals surface area contributed by atoms with Gasteiger partial charge in [-0.05, 0) is 12.1 Å². The zero-order chi connectivity index (χ0) is 12.0. The highest BCUT2D eigenvalue weighted by atomic mass is 35.5. The van der Waals surface area contributed by atoms with Gasteiger partial charge in [0, 0.05) is 11.8 Å². The molecule has 0 unspecified atom stereocenters. The van der Waals surface area contributed by atoms with Crippen LogP contribution in [0.3, 0.4) is 0 Å². The molecule has 0 radical (unpaired) electrons. The number of hydrogen-bond acceptors (Lipinski definition) is 2. The second-order valence-corrected chi connectivity index (χ2v) is 4.79. The molecule has 0 fully saturated rings. The summed E-state index contributed by atoms with van der Waals surface area (Å²) in [4.78, 5) is 4.41. The molecule has 0 aromatic heterocycles. The maximum Gasteiger partial charge on any atom is 0.127 e. The Morgan fingerprint density at radius 3 is 2.47 bits per heavy atom. The van der Waals surface area contributed by atoms with Crippen LogP contribution in [0.1, 0.15) is 5.56 Å². The fraction of sp³-hybridized carbons (Fsp3) is 0.462. The van der Waals surface area contributed by atoms with Crippen molar-refractivity contribution in [3.63, 3.8) is 0 Å². The van der Waals surface area contributed by atoms with Crippen molar-refractivity contribution in [1.29, 1.82) is 0 Å². The Morgan fingerprint density at radius 1 is 1.24 bits per heavy atom. The molecule has 0 spiro atoms. The molecule has 0 bridgehead atoms. The number of methoxy groups -OCH3 is 1. The standard InChI is InChI=1S/C13H21N2O.ClH/c1-15(2,3)10-9-14-11-12-7-5-6-8-13(12)16-4;/h5-8,11H,9-10H2,1-4H3;1H/q+1;/p-1. The molecule has 1 rings (SSSR count). The van der Waals surface area contributed by atoms with Crippen molar-refractivity contribution in [3.05, 3.63) is 29.8 Å². The zero-order valence-electron chi connectivity index (χ0n) is 11.0. The molecule has 0 aliphatic rings. The van der Waals surface area contributed by atoms with E-state index in [9.17, 15) is 0 Å². The van der Waals surface area contributed by atoms with Gasteiger partial charge in [-0.25, -0.2) is 0 Å². The van der Waals surface area contributed by atoms with Gasteiger partial charge in [0.15, 0.2) is 0 Å². The summed E-state index contributed by atoms with van der Waals surface area (Å²) >= 11 is 0. The molecule has 3 nitrogen and oxygen atoms in total. The topological polar surface area (TPSA) is 21.6 Å². The number of quaternary nitrogens is 1. The summed E-state index contributed by atoms with van der Waals surface area (Å²) in [7, 11) is 8.18. The van der Waals surface area contributed by atoms with Gasteiger partial charge in [0.05, 0.1) is 41.3 Å². The molecule has 0 N–H and O–H groups in total. The van der Waals surface area contributed by atoms with Gasteiger partial charge in [-0.2, -0.15) is 0 Å². The predicted molar refractivity (Wildman–Crippen MR) is 68.4 cm³/mol. The molecule has 0 aliphatic heterocycles. The molecular formula is C13H21ClN2O. The van der Waals surface area contributed by atoms with Crippen LogP contribution in [0.25, 0.3) is 0 Å². The number of para-hydroxylation sites is 1. The highest BCUT2D eigenvalue weighted by Crippen LogP contribution is 2.14. The molecule has 0 heterocycles. The lowest BCUT2D eigenvalue weighted by Gasteiger charge is -2.22. The molecule has 0 saturated heterocycles. The summed E-state index contributed by atoms with van der Waals surface area (Å²) < 4.78 is 6.18. The molecule has 0 aliphatic carbocycles. The van der Waals surface area contributed by atoms with E-state index in [1.165, 1.54) is 0 Å². The maximum atomic E-state index is 5.25. The van der Waals surface area contributed by atoms with Crippen molar-refractivity contribution in [2.24, 2.45) is 4.99 Å². The highest BCUT2D eigenvalue weighted by Gasteiger charge is 2.04. The molecule has 4 heteroatoms. The number of hydrogen-bond donors (Lipinski definition) is 0. The van der Waals surface area contributed by atoms with Gasteiger partial charge in [-0.15, -0.1) is 0 Å². The van der Waals surface area contributed by atoms with Crippen molar-refractivity contribution >= 4 is 6.21 Å². The molecule has 17 heavy (non-hydrogen) atoms. The SMILES string of the molecule is COc1ccccc1C=NCC[N+](C)(C)C.[Cl-]. The van der Waals surface area contributed by atoms with Crippen molar-refractivity contribution in [3.8, 4) is 5.75 Å². The van der Waals surface area contributed by atoms with Gasteiger partial charge < -0.3 is 21.6 Å². The van der Waals surface area contributed by atoms with E-state index in [1.54, 1.807) is 7.11 Å². The highest BCUT2D eigenvalue weighted by molar-refractivity contribution is 5.83. The lowest BCUT2D eigenvalue weighted by molar-refractivity contribution is -0.868. The summed E-state index contributed by atoms with van der Waals surface area (Å²) in [6.07, 6.45) is 1.88. The van der Waals surface area contributed by atoms with E-state index in [4.69, 9.17) is 4.74 Å². The molecule has 0 atom stereocenters. The van der Waals surface area contributed by atoms with Crippen LogP contribution in [0.2, 0.25) is 0 Å². The molecule has 1 aromatic carbocycles. The number of ether oxygens (including phenoxy) is 1. The van der Waals surface area contributed by atoms with Crippen molar-refractivity contribution in [2.75, 3.05) is 41.3 Å². The number of likely N-dealkylation sites (N-methyl/N-ethyl adjacent to an activating group) is 1. The Labute approximate surface area is 110 Å². The number of aliphatic imine (C=N–C) groups is 1. The third-order valence-electron chi connectivity index (χ3n) is 2.27. The Balaban J connectivity index is 0.00000256. The van der Waals surface area contributed by atoms with Crippen molar-refractivity contribution < 1.29 is 21.6 Å². The first-order valence-electron chi connectivity index (χ1n) is 5.46. The Hall–Kier alpha value is -1.06. The fourth-order valence-electron chi connectivity index (χ4n) is 1.29. The average molecular weight is 257 g/mol. The van der Waals surface area contributed by atoms with Crippen LogP contribution in [-0.2, 0) is 0 Å². The summed E-state index contributed by atoms with van der Waals surface area (Å²) in [5, 5.41) is 0. The summed E-state index contributed by atoms with van der Waals surface area (Å²) in [6.45, 7) is 1.87. The summed E-state index contributed by atoms with van der Waals surface area (Å²) in [5.41, 5.74) is 1.03. The van der Waals surface area contributed by atoms with Crippen LogP contribution in [0, 0.1) is 0 Å². The van der Waals surface area contributed by atoms with Gasteiger partial charge in [-0.1, -0.05) is 12.1 Å². The fourth-order valence-corrected chi connectivity index (χ4v) is 1.29. The van der Waals surface area contributed by atoms with Crippen LogP contribution in [0.15, 0.2) is 29.3 Å². The van der Waals surface area contributed by atoms with E-state index in [0.29, 0.717) is 0 Å². The van der Waals surface area contributed by atoms with E-state index in [-0.39, 0.29) is 12.4 Å². The third kappa shape index (κ3) is 6.29. The predicted octanol–water partition coefficient (Wildman–Crippen LogP) is -1.18.